The normalized spacial score (nSPS) is 14.6. The van der Waals surface area contributed by atoms with Gasteiger partial charge in [-0.15, -0.1) is 11.3 Å². The molecule has 9 heteroatoms. The van der Waals surface area contributed by atoms with Crippen LogP contribution in [0.5, 0.6) is 0 Å². The number of anilines is 1. The van der Waals surface area contributed by atoms with E-state index in [0.717, 1.165) is 0 Å². The number of hydrogen-bond donors (Lipinski definition) is 1. The molecule has 8 nitrogen and oxygen atoms in total. The number of carbonyl (C=O) groups is 3. The number of thiazole rings is 1. The molecular weight excluding hydrogens is 320 g/mol. The minimum atomic E-state index is -0.717. The molecule has 1 aliphatic rings. The third-order valence-electron chi connectivity index (χ3n) is 3.43. The van der Waals surface area contributed by atoms with Crippen LogP contribution in [0.2, 0.25) is 0 Å². The summed E-state index contributed by atoms with van der Waals surface area (Å²) < 4.78 is 5.08. The molecule has 1 aliphatic heterocycles. The van der Waals surface area contributed by atoms with Crippen LogP contribution in [-0.2, 0) is 9.59 Å². The van der Waals surface area contributed by atoms with Crippen LogP contribution < -0.4 is 5.32 Å². The molecule has 2 aromatic heterocycles. The first-order chi connectivity index (χ1) is 11.1. The summed E-state index contributed by atoms with van der Waals surface area (Å²) in [6.45, 7) is 1.32. The fraction of sp³-hybridized carbons (Fsp3) is 0.286. The molecule has 120 valence electrons. The zero-order valence-electron chi connectivity index (χ0n) is 12.1. The molecule has 0 saturated carbocycles. The molecule has 0 atom stereocenters. The van der Waals surface area contributed by atoms with Gasteiger partial charge in [-0.3, -0.25) is 19.7 Å². The van der Waals surface area contributed by atoms with Gasteiger partial charge in [-0.25, -0.2) is 4.98 Å². The van der Waals surface area contributed by atoms with Crippen LogP contribution in [-0.4, -0.2) is 58.7 Å². The summed E-state index contributed by atoms with van der Waals surface area (Å²) in [7, 11) is 0. The molecule has 0 aliphatic carbocycles. The molecule has 3 heterocycles. The summed E-state index contributed by atoms with van der Waals surface area (Å²) in [5.74, 6) is -1.28. The van der Waals surface area contributed by atoms with E-state index in [9.17, 15) is 14.4 Å². The van der Waals surface area contributed by atoms with E-state index < -0.39 is 11.8 Å². The highest BCUT2D eigenvalue weighted by atomic mass is 32.1. The minimum absolute atomic E-state index is 0.214. The van der Waals surface area contributed by atoms with Crippen LogP contribution in [0.4, 0.5) is 5.13 Å². The topological polar surface area (TPSA) is 95.8 Å². The Morgan fingerprint density at radius 3 is 2.52 bits per heavy atom. The van der Waals surface area contributed by atoms with Crippen molar-refractivity contribution in [1.82, 2.24) is 14.8 Å². The van der Waals surface area contributed by atoms with Crippen LogP contribution in [0, 0.1) is 0 Å². The Kier molecular flexibility index (Phi) is 4.38. The van der Waals surface area contributed by atoms with Gasteiger partial charge in [0.15, 0.2) is 10.9 Å². The maximum atomic E-state index is 12.1. The minimum Gasteiger partial charge on any atom is -0.459 e. The van der Waals surface area contributed by atoms with Crippen LogP contribution in [0.15, 0.2) is 34.4 Å². The monoisotopic (exact) mass is 334 g/mol. The number of aromatic nitrogens is 1. The van der Waals surface area contributed by atoms with E-state index >= 15 is 0 Å². The number of piperazine rings is 1. The van der Waals surface area contributed by atoms with Crippen LogP contribution in [0.25, 0.3) is 0 Å². The molecule has 3 rings (SSSR count). The lowest BCUT2D eigenvalue weighted by atomic mass is 10.2. The molecule has 1 saturated heterocycles. The Hall–Kier alpha value is -2.68. The largest absolute Gasteiger partial charge is 0.459 e. The highest BCUT2D eigenvalue weighted by molar-refractivity contribution is 7.13. The number of amides is 3. The van der Waals surface area contributed by atoms with Crippen molar-refractivity contribution in [2.45, 2.75) is 0 Å². The Labute approximate surface area is 135 Å². The number of hydrogen-bond acceptors (Lipinski definition) is 6. The standard InChI is InChI=1S/C14H14N4O4S/c19-11(16-14-15-3-9-23-14)13(21)18-6-4-17(5-7-18)12(20)10-2-1-8-22-10/h1-3,8-9H,4-7H2,(H,15,16,19). The van der Waals surface area contributed by atoms with E-state index in [-0.39, 0.29) is 11.7 Å². The Morgan fingerprint density at radius 2 is 1.91 bits per heavy atom. The first-order valence-corrected chi connectivity index (χ1v) is 7.85. The number of carbonyl (C=O) groups excluding carboxylic acids is 3. The highest BCUT2D eigenvalue weighted by Crippen LogP contribution is 2.12. The number of rotatable bonds is 2. The summed E-state index contributed by atoms with van der Waals surface area (Å²) in [5, 5.41) is 4.55. The van der Waals surface area contributed by atoms with Gasteiger partial charge in [0.05, 0.1) is 6.26 Å². The van der Waals surface area contributed by atoms with Crippen molar-refractivity contribution in [1.29, 1.82) is 0 Å². The quantitative estimate of drug-likeness (QED) is 0.814. The predicted molar refractivity (Wildman–Crippen MR) is 81.9 cm³/mol. The lowest BCUT2D eigenvalue weighted by Gasteiger charge is -2.33. The first kappa shape index (κ1) is 15.2. The molecule has 0 unspecified atom stereocenters. The van der Waals surface area contributed by atoms with E-state index in [1.54, 1.807) is 28.6 Å². The number of nitrogens with zero attached hydrogens (tertiary/aromatic N) is 3. The average Bonchev–Trinajstić information content (AvgIpc) is 3.27. The molecule has 1 fully saturated rings. The van der Waals surface area contributed by atoms with Crippen molar-refractivity contribution in [3.63, 3.8) is 0 Å². The Morgan fingerprint density at radius 1 is 1.17 bits per heavy atom. The zero-order valence-corrected chi connectivity index (χ0v) is 12.9. The van der Waals surface area contributed by atoms with Gasteiger partial charge in [0.2, 0.25) is 0 Å². The second-order valence-corrected chi connectivity index (χ2v) is 5.75. The van der Waals surface area contributed by atoms with Crippen LogP contribution in [0.1, 0.15) is 10.6 Å². The summed E-state index contributed by atoms with van der Waals surface area (Å²) >= 11 is 1.24. The third kappa shape index (κ3) is 3.39. The Balaban J connectivity index is 1.53. The molecule has 0 aromatic carbocycles. The Bertz CT molecular complexity index is 690. The predicted octanol–water partition coefficient (Wildman–Crippen LogP) is 0.659. The molecule has 1 N–H and O–H groups in total. The van der Waals surface area contributed by atoms with E-state index in [1.165, 1.54) is 22.5 Å². The van der Waals surface area contributed by atoms with Gasteiger partial charge in [0.1, 0.15) is 0 Å². The van der Waals surface area contributed by atoms with E-state index in [4.69, 9.17) is 4.42 Å². The summed E-state index contributed by atoms with van der Waals surface area (Å²) in [6, 6.07) is 3.25. The van der Waals surface area contributed by atoms with E-state index in [1.807, 2.05) is 0 Å². The van der Waals surface area contributed by atoms with Gasteiger partial charge in [-0.2, -0.15) is 0 Å². The van der Waals surface area contributed by atoms with Crippen molar-refractivity contribution < 1.29 is 18.8 Å². The SMILES string of the molecule is O=C(Nc1nccs1)C(=O)N1CCN(C(=O)c2ccco2)CC1. The summed E-state index contributed by atoms with van der Waals surface area (Å²) in [5.41, 5.74) is 0. The highest BCUT2D eigenvalue weighted by Gasteiger charge is 2.29. The molecule has 0 bridgehead atoms. The van der Waals surface area contributed by atoms with E-state index in [0.29, 0.717) is 31.3 Å². The smallest absolute Gasteiger partial charge is 0.315 e. The number of nitrogens with one attached hydrogen (secondary N) is 1. The average molecular weight is 334 g/mol. The lowest BCUT2D eigenvalue weighted by Crippen LogP contribution is -2.52. The van der Waals surface area contributed by atoms with Gasteiger partial charge in [0, 0.05) is 37.8 Å². The van der Waals surface area contributed by atoms with E-state index in [2.05, 4.69) is 10.3 Å². The van der Waals surface area contributed by atoms with Crippen LogP contribution in [0.3, 0.4) is 0 Å². The third-order valence-corrected chi connectivity index (χ3v) is 4.12. The van der Waals surface area contributed by atoms with Crippen molar-refractivity contribution in [3.8, 4) is 0 Å². The van der Waals surface area contributed by atoms with Gasteiger partial charge in [0.25, 0.3) is 5.91 Å². The second kappa shape index (κ2) is 6.61. The molecule has 3 amide bonds. The lowest BCUT2D eigenvalue weighted by molar-refractivity contribution is -0.144. The van der Waals surface area contributed by atoms with Gasteiger partial charge in [-0.05, 0) is 12.1 Å². The molecule has 0 spiro atoms. The van der Waals surface area contributed by atoms with Crippen molar-refractivity contribution in [3.05, 3.63) is 35.7 Å². The van der Waals surface area contributed by atoms with Crippen molar-refractivity contribution >= 4 is 34.2 Å². The summed E-state index contributed by atoms with van der Waals surface area (Å²) in [6.07, 6.45) is 2.99. The van der Waals surface area contributed by atoms with Gasteiger partial charge in [-0.1, -0.05) is 0 Å². The van der Waals surface area contributed by atoms with Crippen molar-refractivity contribution in [2.75, 3.05) is 31.5 Å². The molecule has 2 aromatic rings. The molecule has 23 heavy (non-hydrogen) atoms. The number of furan rings is 1. The summed E-state index contributed by atoms with van der Waals surface area (Å²) in [4.78, 5) is 43.0. The van der Waals surface area contributed by atoms with Gasteiger partial charge >= 0.3 is 11.8 Å². The van der Waals surface area contributed by atoms with Gasteiger partial charge < -0.3 is 14.2 Å². The van der Waals surface area contributed by atoms with Crippen molar-refractivity contribution in [2.24, 2.45) is 0 Å². The molecular formula is C14H14N4O4S. The maximum absolute atomic E-state index is 12.1. The molecule has 0 radical (unpaired) electrons. The maximum Gasteiger partial charge on any atom is 0.315 e. The fourth-order valence-electron chi connectivity index (χ4n) is 2.25. The van der Waals surface area contributed by atoms with Crippen LogP contribution >= 0.6 is 11.3 Å². The second-order valence-electron chi connectivity index (χ2n) is 4.85. The first-order valence-electron chi connectivity index (χ1n) is 6.97. The zero-order chi connectivity index (χ0) is 16.2. The fourth-order valence-corrected chi connectivity index (χ4v) is 2.77.